The van der Waals surface area contributed by atoms with Crippen LogP contribution in [-0.2, 0) is 4.74 Å². The zero-order valence-electron chi connectivity index (χ0n) is 15.1. The third-order valence-corrected chi connectivity index (χ3v) is 6.65. The largest absolute Gasteiger partial charge is 0.445 e. The Morgan fingerprint density at radius 2 is 1.76 bits per heavy atom. The minimum absolute atomic E-state index is 0.116. The Balaban J connectivity index is 1.42. The van der Waals surface area contributed by atoms with E-state index in [0.29, 0.717) is 17.9 Å². The monoisotopic (exact) mass is 343 g/mol. The van der Waals surface area contributed by atoms with Crippen molar-refractivity contribution < 1.29 is 14.4 Å². The quantitative estimate of drug-likeness (QED) is 0.885. The summed E-state index contributed by atoms with van der Waals surface area (Å²) in [4.78, 5) is 14.2. The molecule has 4 nitrogen and oxygen atoms in total. The number of fused-ring (bicyclic) bond motifs is 2. The molecule has 1 aliphatic heterocycles. The molecule has 3 fully saturated rings. The molecule has 3 aliphatic rings. The first-order chi connectivity index (χ1) is 12.3. The Morgan fingerprint density at radius 3 is 2.56 bits per heavy atom. The molecule has 4 heteroatoms. The molecule has 0 aromatic heterocycles. The van der Waals surface area contributed by atoms with Crippen LogP contribution in [0.2, 0.25) is 0 Å². The average Bonchev–Trinajstić information content (AvgIpc) is 2.63. The van der Waals surface area contributed by atoms with Crippen LogP contribution in [0, 0.1) is 11.8 Å². The van der Waals surface area contributed by atoms with Gasteiger partial charge in [-0.2, -0.15) is 0 Å². The summed E-state index contributed by atoms with van der Waals surface area (Å²) in [5, 5.41) is 2.90. The Labute approximate surface area is 150 Å². The number of hydrogen-bond acceptors (Lipinski definition) is 2. The Bertz CT molecular complexity index is 571. The molecule has 2 aliphatic carbocycles. The highest BCUT2D eigenvalue weighted by Crippen LogP contribution is 2.41. The van der Waals surface area contributed by atoms with Gasteiger partial charge in [-0.3, -0.25) is 5.32 Å². The van der Waals surface area contributed by atoms with Crippen molar-refractivity contribution in [3.05, 3.63) is 30.3 Å². The van der Waals surface area contributed by atoms with E-state index < -0.39 is 0 Å². The molecule has 25 heavy (non-hydrogen) atoms. The van der Waals surface area contributed by atoms with Crippen molar-refractivity contribution in [2.45, 2.75) is 63.5 Å². The Kier molecular flexibility index (Phi) is 5.25. The number of quaternary nitrogens is 1. The van der Waals surface area contributed by atoms with Crippen LogP contribution >= 0.6 is 0 Å². The van der Waals surface area contributed by atoms with E-state index in [4.69, 9.17) is 4.74 Å². The van der Waals surface area contributed by atoms with Gasteiger partial charge in [0.1, 0.15) is 6.10 Å². The molecule has 1 aromatic rings. The maximum Gasteiger partial charge on any atom is 0.411 e. The fourth-order valence-corrected chi connectivity index (χ4v) is 5.50. The highest BCUT2D eigenvalue weighted by molar-refractivity contribution is 5.84. The SMILES string of the molecule is O=C(Nc1ccccc1)OC1C2CCCC1C([NH+]1CCCCC1)CC2. The predicted molar refractivity (Wildman–Crippen MR) is 98.7 cm³/mol. The molecule has 4 rings (SSSR count). The molecule has 2 saturated carbocycles. The minimum atomic E-state index is -0.276. The maximum atomic E-state index is 12.5. The molecule has 1 amide bonds. The van der Waals surface area contributed by atoms with Gasteiger partial charge in [-0.1, -0.05) is 24.6 Å². The topological polar surface area (TPSA) is 42.8 Å². The van der Waals surface area contributed by atoms with Gasteiger partial charge in [0.15, 0.2) is 0 Å². The molecule has 0 spiro atoms. The third kappa shape index (κ3) is 3.84. The van der Waals surface area contributed by atoms with Crippen LogP contribution in [0.3, 0.4) is 0 Å². The van der Waals surface area contributed by atoms with E-state index in [0.717, 1.165) is 5.69 Å². The summed E-state index contributed by atoms with van der Waals surface area (Å²) in [5.74, 6) is 1.13. The summed E-state index contributed by atoms with van der Waals surface area (Å²) < 4.78 is 6.02. The first-order valence-corrected chi connectivity index (χ1v) is 10.2. The number of benzene rings is 1. The number of amides is 1. The number of carbonyl (C=O) groups excluding carboxylic acids is 1. The van der Waals surface area contributed by atoms with Crippen LogP contribution in [0.25, 0.3) is 0 Å². The van der Waals surface area contributed by atoms with Gasteiger partial charge in [0.05, 0.1) is 19.1 Å². The van der Waals surface area contributed by atoms with Gasteiger partial charge in [0, 0.05) is 18.0 Å². The standard InChI is InChI=1S/C21H30N2O2/c24-21(22-17-9-3-1-4-10-17)25-20-16-8-7-11-18(20)19(13-12-16)23-14-5-2-6-15-23/h1,3-4,9-10,16,18-20H,2,5-8,11-15H2,(H,22,24)/p+1. The highest BCUT2D eigenvalue weighted by Gasteiger charge is 2.48. The smallest absolute Gasteiger partial charge is 0.411 e. The van der Waals surface area contributed by atoms with E-state index in [1.165, 1.54) is 64.5 Å². The first-order valence-electron chi connectivity index (χ1n) is 10.2. The second kappa shape index (κ2) is 7.77. The van der Waals surface area contributed by atoms with Crippen molar-refractivity contribution in [2.24, 2.45) is 11.8 Å². The maximum absolute atomic E-state index is 12.5. The minimum Gasteiger partial charge on any atom is -0.445 e. The lowest BCUT2D eigenvalue weighted by Gasteiger charge is -2.48. The molecular formula is C21H31N2O2+. The molecule has 136 valence electrons. The molecule has 4 atom stereocenters. The van der Waals surface area contributed by atoms with Gasteiger partial charge < -0.3 is 9.64 Å². The number of rotatable bonds is 3. The molecular weight excluding hydrogens is 312 g/mol. The zero-order valence-corrected chi connectivity index (χ0v) is 15.1. The van der Waals surface area contributed by atoms with E-state index in [9.17, 15) is 4.79 Å². The van der Waals surface area contributed by atoms with Crippen molar-refractivity contribution in [3.8, 4) is 0 Å². The van der Waals surface area contributed by atoms with E-state index in [1.807, 2.05) is 30.3 Å². The number of likely N-dealkylation sites (tertiary alicyclic amines) is 1. The first kappa shape index (κ1) is 16.9. The van der Waals surface area contributed by atoms with Crippen LogP contribution in [0.4, 0.5) is 10.5 Å². The lowest BCUT2D eigenvalue weighted by atomic mass is 9.67. The fraction of sp³-hybridized carbons (Fsp3) is 0.667. The number of carbonyl (C=O) groups is 1. The molecule has 1 heterocycles. The van der Waals surface area contributed by atoms with Crippen LogP contribution < -0.4 is 10.2 Å². The molecule has 2 N–H and O–H groups in total. The van der Waals surface area contributed by atoms with Crippen LogP contribution in [0.15, 0.2) is 30.3 Å². The second-order valence-corrected chi connectivity index (χ2v) is 8.12. The van der Waals surface area contributed by atoms with Crippen molar-refractivity contribution in [3.63, 3.8) is 0 Å². The summed E-state index contributed by atoms with van der Waals surface area (Å²) in [7, 11) is 0. The number of anilines is 1. The molecule has 2 bridgehead atoms. The Hall–Kier alpha value is -1.55. The summed E-state index contributed by atoms with van der Waals surface area (Å²) >= 11 is 0. The number of ether oxygens (including phenoxy) is 1. The summed E-state index contributed by atoms with van der Waals surface area (Å²) in [6.45, 7) is 2.63. The van der Waals surface area contributed by atoms with E-state index in [1.54, 1.807) is 4.90 Å². The van der Waals surface area contributed by atoms with Crippen LogP contribution in [0.5, 0.6) is 0 Å². The van der Waals surface area contributed by atoms with Gasteiger partial charge in [-0.15, -0.1) is 0 Å². The zero-order chi connectivity index (χ0) is 17.1. The molecule has 1 saturated heterocycles. The van der Waals surface area contributed by atoms with Crippen molar-refractivity contribution in [2.75, 3.05) is 18.4 Å². The van der Waals surface area contributed by atoms with Gasteiger partial charge in [0.25, 0.3) is 0 Å². The van der Waals surface area contributed by atoms with E-state index >= 15 is 0 Å². The molecule has 4 unspecified atom stereocenters. The van der Waals surface area contributed by atoms with Crippen molar-refractivity contribution >= 4 is 11.8 Å². The van der Waals surface area contributed by atoms with Gasteiger partial charge >= 0.3 is 6.09 Å². The van der Waals surface area contributed by atoms with Crippen molar-refractivity contribution in [1.82, 2.24) is 0 Å². The van der Waals surface area contributed by atoms with Gasteiger partial charge in [0.2, 0.25) is 0 Å². The van der Waals surface area contributed by atoms with Crippen LogP contribution in [-0.4, -0.2) is 31.3 Å². The van der Waals surface area contributed by atoms with Crippen molar-refractivity contribution in [1.29, 1.82) is 0 Å². The number of nitrogens with one attached hydrogen (secondary N) is 2. The predicted octanol–water partition coefficient (Wildman–Crippen LogP) is 3.25. The molecule has 1 aromatic carbocycles. The van der Waals surface area contributed by atoms with Gasteiger partial charge in [-0.25, -0.2) is 4.79 Å². The lowest BCUT2D eigenvalue weighted by molar-refractivity contribution is -0.936. The summed E-state index contributed by atoms with van der Waals surface area (Å²) in [6.07, 6.45) is 10.3. The third-order valence-electron chi connectivity index (χ3n) is 6.65. The van der Waals surface area contributed by atoms with Crippen LogP contribution in [0.1, 0.15) is 51.4 Å². The number of piperidine rings is 1. The highest BCUT2D eigenvalue weighted by atomic mass is 16.6. The fourth-order valence-electron chi connectivity index (χ4n) is 5.50. The summed E-state index contributed by atoms with van der Waals surface area (Å²) in [5.41, 5.74) is 0.812. The number of hydrogen-bond donors (Lipinski definition) is 2. The summed E-state index contributed by atoms with van der Waals surface area (Å²) in [6, 6.07) is 10.3. The molecule has 0 radical (unpaired) electrons. The number of para-hydroxylation sites is 1. The normalized spacial score (nSPS) is 32.8. The lowest BCUT2D eigenvalue weighted by Crippen LogP contribution is -3.17. The Morgan fingerprint density at radius 1 is 0.960 bits per heavy atom. The van der Waals surface area contributed by atoms with Gasteiger partial charge in [-0.05, 0) is 56.6 Å². The average molecular weight is 343 g/mol. The van der Waals surface area contributed by atoms with E-state index in [-0.39, 0.29) is 12.2 Å². The second-order valence-electron chi connectivity index (χ2n) is 8.12. The van der Waals surface area contributed by atoms with E-state index in [2.05, 4.69) is 5.32 Å².